The summed E-state index contributed by atoms with van der Waals surface area (Å²) in [6.45, 7) is 0. The minimum Gasteiger partial charge on any atom is -0.351 e. The number of thiocarbonyl (C=S) groups is 1. The molecule has 0 amide bonds. The maximum atomic E-state index is 5.64. The molecule has 0 saturated carbocycles. The van der Waals surface area contributed by atoms with Crippen LogP contribution in [-0.2, 0) is 0 Å². The van der Waals surface area contributed by atoms with E-state index in [2.05, 4.69) is 50.9 Å². The molecule has 3 heterocycles. The van der Waals surface area contributed by atoms with Gasteiger partial charge in [-0.2, -0.15) is 0 Å². The van der Waals surface area contributed by atoms with Crippen LogP contribution in [0.25, 0.3) is 0 Å². The standard InChI is InChI=1S/C18H15N3S2/c22-18-20-16(14-9-4-5-11-19-14)17(15-10-6-12-23-15)21(18)13-7-2-1-3-8-13/h1-12,16-17H,(H,20,22)/t16-,17+/m1/s1. The molecule has 1 N–H and O–H groups in total. The van der Waals surface area contributed by atoms with Crippen LogP contribution in [0, 0.1) is 0 Å². The Morgan fingerprint density at radius 3 is 2.52 bits per heavy atom. The fourth-order valence-corrected chi connectivity index (χ4v) is 4.17. The van der Waals surface area contributed by atoms with Crippen LogP contribution in [0.5, 0.6) is 0 Å². The second kappa shape index (κ2) is 6.10. The third-order valence-electron chi connectivity index (χ3n) is 3.97. The van der Waals surface area contributed by atoms with E-state index >= 15 is 0 Å². The van der Waals surface area contributed by atoms with Gasteiger partial charge in [0.25, 0.3) is 0 Å². The molecule has 114 valence electrons. The van der Waals surface area contributed by atoms with Crippen molar-refractivity contribution in [1.82, 2.24) is 10.3 Å². The van der Waals surface area contributed by atoms with Crippen LogP contribution in [0.4, 0.5) is 5.69 Å². The van der Waals surface area contributed by atoms with Gasteiger partial charge >= 0.3 is 0 Å². The minimum atomic E-state index is 0.0440. The summed E-state index contributed by atoms with van der Waals surface area (Å²) in [6, 6.07) is 20.7. The van der Waals surface area contributed by atoms with Crippen molar-refractivity contribution in [3.63, 3.8) is 0 Å². The predicted molar refractivity (Wildman–Crippen MR) is 98.7 cm³/mol. The molecule has 4 rings (SSSR count). The predicted octanol–water partition coefficient (Wildman–Crippen LogP) is 4.32. The first kappa shape index (κ1) is 14.4. The molecule has 0 radical (unpaired) electrons. The molecule has 0 aliphatic carbocycles. The number of aromatic nitrogens is 1. The molecule has 1 fully saturated rings. The topological polar surface area (TPSA) is 28.2 Å². The Hall–Kier alpha value is -2.24. The van der Waals surface area contributed by atoms with Gasteiger partial charge in [-0.1, -0.05) is 30.3 Å². The van der Waals surface area contributed by atoms with E-state index in [9.17, 15) is 0 Å². The van der Waals surface area contributed by atoms with E-state index in [1.807, 2.05) is 36.5 Å². The lowest BCUT2D eigenvalue weighted by Gasteiger charge is -2.26. The SMILES string of the molecule is S=C1N[C@H](c2ccccn2)[C@H](c2cccs2)N1c1ccccc1. The molecule has 1 saturated heterocycles. The Balaban J connectivity index is 1.81. The highest BCUT2D eigenvalue weighted by Gasteiger charge is 2.40. The van der Waals surface area contributed by atoms with Gasteiger partial charge in [-0.05, 0) is 47.9 Å². The van der Waals surface area contributed by atoms with Gasteiger partial charge in [0.1, 0.15) is 0 Å². The molecular formula is C18H15N3S2. The van der Waals surface area contributed by atoms with Gasteiger partial charge < -0.3 is 10.2 Å². The molecule has 23 heavy (non-hydrogen) atoms. The lowest BCUT2D eigenvalue weighted by Crippen LogP contribution is -2.28. The normalized spacial score (nSPS) is 20.5. The first-order valence-electron chi connectivity index (χ1n) is 7.44. The molecule has 3 nitrogen and oxygen atoms in total. The van der Waals surface area contributed by atoms with Crippen molar-refractivity contribution in [2.45, 2.75) is 12.1 Å². The van der Waals surface area contributed by atoms with Crippen molar-refractivity contribution in [3.8, 4) is 0 Å². The van der Waals surface area contributed by atoms with Gasteiger partial charge in [-0.3, -0.25) is 4.98 Å². The summed E-state index contributed by atoms with van der Waals surface area (Å²) in [6.07, 6.45) is 1.83. The quantitative estimate of drug-likeness (QED) is 0.721. The zero-order valence-electron chi connectivity index (χ0n) is 12.3. The average molecular weight is 337 g/mol. The number of nitrogens with one attached hydrogen (secondary N) is 1. The molecule has 5 heteroatoms. The second-order valence-electron chi connectivity index (χ2n) is 5.35. The summed E-state index contributed by atoms with van der Waals surface area (Å²) < 4.78 is 0. The summed E-state index contributed by atoms with van der Waals surface area (Å²) in [5.74, 6) is 0. The van der Waals surface area contributed by atoms with Crippen molar-refractivity contribution in [3.05, 3.63) is 82.8 Å². The smallest absolute Gasteiger partial charge is 0.174 e. The highest BCUT2D eigenvalue weighted by Crippen LogP contribution is 2.42. The van der Waals surface area contributed by atoms with Crippen molar-refractivity contribution in [2.24, 2.45) is 0 Å². The molecule has 0 spiro atoms. The highest BCUT2D eigenvalue weighted by atomic mass is 32.1. The van der Waals surface area contributed by atoms with Crippen LogP contribution >= 0.6 is 23.6 Å². The zero-order chi connectivity index (χ0) is 15.6. The zero-order valence-corrected chi connectivity index (χ0v) is 13.9. The molecule has 3 aromatic rings. The molecule has 1 aromatic carbocycles. The van der Waals surface area contributed by atoms with Crippen LogP contribution in [0.3, 0.4) is 0 Å². The molecule has 0 bridgehead atoms. The van der Waals surface area contributed by atoms with Gasteiger partial charge in [0, 0.05) is 16.8 Å². The van der Waals surface area contributed by atoms with E-state index in [0.717, 1.165) is 16.5 Å². The fraction of sp³-hybridized carbons (Fsp3) is 0.111. The second-order valence-corrected chi connectivity index (χ2v) is 6.71. The van der Waals surface area contributed by atoms with Crippen molar-refractivity contribution in [2.75, 3.05) is 4.90 Å². The fourth-order valence-electron chi connectivity index (χ4n) is 2.97. The largest absolute Gasteiger partial charge is 0.351 e. The van der Waals surface area contributed by atoms with Gasteiger partial charge in [0.05, 0.1) is 17.8 Å². The summed E-state index contributed by atoms with van der Waals surface area (Å²) in [7, 11) is 0. The Morgan fingerprint density at radius 1 is 1.00 bits per heavy atom. The molecule has 1 aliphatic heterocycles. The van der Waals surface area contributed by atoms with E-state index in [1.165, 1.54) is 4.88 Å². The monoisotopic (exact) mass is 337 g/mol. The van der Waals surface area contributed by atoms with Gasteiger partial charge in [-0.25, -0.2) is 0 Å². The van der Waals surface area contributed by atoms with Gasteiger partial charge in [0.15, 0.2) is 5.11 Å². The highest BCUT2D eigenvalue weighted by molar-refractivity contribution is 7.80. The molecule has 0 unspecified atom stereocenters. The number of pyridine rings is 1. The first-order chi connectivity index (χ1) is 11.3. The van der Waals surface area contributed by atoms with Crippen LogP contribution in [0.15, 0.2) is 72.2 Å². The Morgan fingerprint density at radius 2 is 1.83 bits per heavy atom. The van der Waals surface area contributed by atoms with Crippen molar-refractivity contribution < 1.29 is 0 Å². The lowest BCUT2D eigenvalue weighted by atomic mass is 10.0. The Bertz CT molecular complexity index is 788. The van der Waals surface area contributed by atoms with Crippen molar-refractivity contribution in [1.29, 1.82) is 0 Å². The van der Waals surface area contributed by atoms with Gasteiger partial charge in [-0.15, -0.1) is 11.3 Å². The number of nitrogens with zero attached hydrogens (tertiary/aromatic N) is 2. The number of hydrogen-bond donors (Lipinski definition) is 1. The summed E-state index contributed by atoms with van der Waals surface area (Å²) in [5, 5.41) is 6.31. The molecular weight excluding hydrogens is 322 g/mol. The number of hydrogen-bond acceptors (Lipinski definition) is 3. The molecule has 2 aromatic heterocycles. The maximum absolute atomic E-state index is 5.64. The van der Waals surface area contributed by atoms with E-state index in [4.69, 9.17) is 12.2 Å². The number of rotatable bonds is 3. The summed E-state index contributed by atoms with van der Waals surface area (Å²) in [5.41, 5.74) is 2.11. The van der Waals surface area contributed by atoms with Gasteiger partial charge in [0.2, 0.25) is 0 Å². The van der Waals surface area contributed by atoms with Crippen LogP contribution < -0.4 is 10.2 Å². The average Bonchev–Trinajstić information content (AvgIpc) is 3.24. The van der Waals surface area contributed by atoms with E-state index < -0.39 is 0 Å². The van der Waals surface area contributed by atoms with Crippen LogP contribution in [0.2, 0.25) is 0 Å². The Labute approximate surface area is 144 Å². The van der Waals surface area contributed by atoms with E-state index in [1.54, 1.807) is 11.3 Å². The number of thiophene rings is 1. The molecule has 1 aliphatic rings. The molecule has 2 atom stereocenters. The first-order valence-corrected chi connectivity index (χ1v) is 8.72. The number of anilines is 1. The Kier molecular flexibility index (Phi) is 3.81. The lowest BCUT2D eigenvalue weighted by molar-refractivity contribution is 0.575. The third-order valence-corrected chi connectivity index (χ3v) is 5.22. The summed E-state index contributed by atoms with van der Waals surface area (Å²) >= 11 is 7.39. The summed E-state index contributed by atoms with van der Waals surface area (Å²) in [4.78, 5) is 8.01. The van der Waals surface area contributed by atoms with Crippen LogP contribution in [-0.4, -0.2) is 10.1 Å². The van der Waals surface area contributed by atoms with E-state index in [0.29, 0.717) is 0 Å². The van der Waals surface area contributed by atoms with Crippen LogP contribution in [0.1, 0.15) is 22.7 Å². The third kappa shape index (κ3) is 2.62. The van der Waals surface area contributed by atoms with E-state index in [-0.39, 0.29) is 12.1 Å². The minimum absolute atomic E-state index is 0.0440. The van der Waals surface area contributed by atoms with Crippen molar-refractivity contribution >= 4 is 34.4 Å². The maximum Gasteiger partial charge on any atom is 0.174 e. The number of para-hydroxylation sites is 1. The number of benzene rings is 1.